The van der Waals surface area contributed by atoms with E-state index in [4.69, 9.17) is 5.11 Å². The lowest BCUT2D eigenvalue weighted by atomic mass is 9.90. The molecular formula is C19H21N5O3. The summed E-state index contributed by atoms with van der Waals surface area (Å²) in [6, 6.07) is 9.53. The number of hydrogen-bond donors (Lipinski definition) is 2. The number of rotatable bonds is 6. The van der Waals surface area contributed by atoms with Gasteiger partial charge in [0, 0.05) is 18.1 Å². The van der Waals surface area contributed by atoms with E-state index in [1.165, 1.54) is 0 Å². The predicted octanol–water partition coefficient (Wildman–Crippen LogP) is 2.35. The molecule has 0 aliphatic carbocycles. The second-order valence-electron chi connectivity index (χ2n) is 6.98. The second kappa shape index (κ2) is 7.14. The molecule has 1 amide bonds. The maximum absolute atomic E-state index is 12.4. The molecule has 140 valence electrons. The standard InChI is InChI=1S/C19H21N5O3/c1-12-15(17(25)21-11-9-19(2,3)18(26)27)22-23-24(12)14-8-4-6-13-7-5-10-20-16(13)14/h4-8,10H,9,11H2,1-3H3,(H,21,25)(H,26,27). The fraction of sp³-hybridized carbons (Fsp3) is 0.316. The monoisotopic (exact) mass is 367 g/mol. The number of carboxylic acids is 1. The smallest absolute Gasteiger partial charge is 0.309 e. The van der Waals surface area contributed by atoms with Crippen LogP contribution in [0.5, 0.6) is 0 Å². The molecule has 0 aliphatic heterocycles. The minimum atomic E-state index is -0.908. The summed E-state index contributed by atoms with van der Waals surface area (Å²) in [5.41, 5.74) is 1.39. The van der Waals surface area contributed by atoms with E-state index in [0.29, 0.717) is 12.1 Å². The highest BCUT2D eigenvalue weighted by Gasteiger charge is 2.27. The Morgan fingerprint density at radius 2 is 1.96 bits per heavy atom. The normalized spacial score (nSPS) is 11.5. The predicted molar refractivity (Wildman–Crippen MR) is 99.8 cm³/mol. The molecule has 8 heteroatoms. The van der Waals surface area contributed by atoms with Crippen molar-refractivity contribution < 1.29 is 14.7 Å². The van der Waals surface area contributed by atoms with Gasteiger partial charge in [0.2, 0.25) is 0 Å². The van der Waals surface area contributed by atoms with E-state index in [1.54, 1.807) is 31.6 Å². The molecule has 0 saturated carbocycles. The average Bonchev–Trinajstić information content (AvgIpc) is 3.02. The van der Waals surface area contributed by atoms with Crippen LogP contribution in [0.2, 0.25) is 0 Å². The summed E-state index contributed by atoms with van der Waals surface area (Å²) in [5, 5.41) is 20.9. The van der Waals surface area contributed by atoms with Crippen LogP contribution in [0.3, 0.4) is 0 Å². The first kappa shape index (κ1) is 18.5. The molecule has 0 atom stereocenters. The maximum atomic E-state index is 12.4. The number of hydrogen-bond acceptors (Lipinski definition) is 5. The van der Waals surface area contributed by atoms with Crippen molar-refractivity contribution in [1.82, 2.24) is 25.3 Å². The number of aliphatic carboxylic acids is 1. The van der Waals surface area contributed by atoms with Crippen molar-refractivity contribution in [2.75, 3.05) is 6.54 Å². The molecule has 0 radical (unpaired) electrons. The first-order valence-corrected chi connectivity index (χ1v) is 8.59. The molecule has 2 heterocycles. The van der Waals surface area contributed by atoms with Gasteiger partial charge in [0.05, 0.1) is 22.3 Å². The Hall–Kier alpha value is -3.29. The number of nitrogens with zero attached hydrogens (tertiary/aromatic N) is 4. The molecule has 1 aromatic carbocycles. The molecular weight excluding hydrogens is 346 g/mol. The summed E-state index contributed by atoms with van der Waals surface area (Å²) in [6.07, 6.45) is 2.02. The van der Waals surface area contributed by atoms with Crippen LogP contribution in [0.1, 0.15) is 36.5 Å². The SMILES string of the molecule is Cc1c(C(=O)NCCC(C)(C)C(=O)O)nnn1-c1cccc2cccnc12. The van der Waals surface area contributed by atoms with Crippen LogP contribution in [0, 0.1) is 12.3 Å². The van der Waals surface area contributed by atoms with Gasteiger partial charge in [-0.15, -0.1) is 5.10 Å². The average molecular weight is 367 g/mol. The molecule has 2 aromatic heterocycles. The largest absolute Gasteiger partial charge is 0.481 e. The summed E-state index contributed by atoms with van der Waals surface area (Å²) < 4.78 is 1.59. The number of para-hydroxylation sites is 1. The Bertz CT molecular complexity index is 1000. The summed E-state index contributed by atoms with van der Waals surface area (Å²) in [7, 11) is 0. The Balaban J connectivity index is 1.81. The zero-order chi connectivity index (χ0) is 19.6. The molecule has 0 aliphatic rings. The molecule has 0 bridgehead atoms. The molecule has 0 fully saturated rings. The quantitative estimate of drug-likeness (QED) is 0.692. The number of carbonyl (C=O) groups excluding carboxylic acids is 1. The van der Waals surface area contributed by atoms with Crippen molar-refractivity contribution in [3.05, 3.63) is 47.9 Å². The van der Waals surface area contributed by atoms with Gasteiger partial charge in [-0.05, 0) is 39.3 Å². The van der Waals surface area contributed by atoms with Gasteiger partial charge in [0.15, 0.2) is 5.69 Å². The third kappa shape index (κ3) is 3.64. The first-order valence-electron chi connectivity index (χ1n) is 8.59. The summed E-state index contributed by atoms with van der Waals surface area (Å²) in [5.74, 6) is -1.28. The van der Waals surface area contributed by atoms with E-state index in [-0.39, 0.29) is 18.1 Å². The fourth-order valence-electron chi connectivity index (χ4n) is 2.71. The minimum absolute atomic E-state index is 0.205. The summed E-state index contributed by atoms with van der Waals surface area (Å²) in [4.78, 5) is 28.0. The maximum Gasteiger partial charge on any atom is 0.309 e. The second-order valence-corrected chi connectivity index (χ2v) is 6.98. The molecule has 0 unspecified atom stereocenters. The van der Waals surface area contributed by atoms with Crippen LogP contribution < -0.4 is 5.32 Å². The minimum Gasteiger partial charge on any atom is -0.481 e. The third-order valence-corrected chi connectivity index (χ3v) is 4.56. The molecule has 0 saturated heterocycles. The molecule has 0 spiro atoms. The molecule has 3 rings (SSSR count). The van der Waals surface area contributed by atoms with Gasteiger partial charge in [-0.2, -0.15) is 0 Å². The van der Waals surface area contributed by atoms with Crippen molar-refractivity contribution >= 4 is 22.8 Å². The van der Waals surface area contributed by atoms with Crippen molar-refractivity contribution in [3.8, 4) is 5.69 Å². The Morgan fingerprint density at radius 3 is 2.70 bits per heavy atom. The van der Waals surface area contributed by atoms with Crippen LogP contribution in [0.15, 0.2) is 36.5 Å². The highest BCUT2D eigenvalue weighted by Crippen LogP contribution is 2.22. The number of pyridine rings is 1. The highest BCUT2D eigenvalue weighted by molar-refractivity contribution is 5.93. The summed E-state index contributed by atoms with van der Waals surface area (Å²) >= 11 is 0. The lowest BCUT2D eigenvalue weighted by Gasteiger charge is -2.18. The van der Waals surface area contributed by atoms with Gasteiger partial charge in [-0.1, -0.05) is 23.4 Å². The van der Waals surface area contributed by atoms with Gasteiger partial charge in [-0.25, -0.2) is 4.68 Å². The topological polar surface area (TPSA) is 110 Å². The third-order valence-electron chi connectivity index (χ3n) is 4.56. The first-order chi connectivity index (χ1) is 12.8. The van der Waals surface area contributed by atoms with Gasteiger partial charge >= 0.3 is 5.97 Å². The molecule has 8 nitrogen and oxygen atoms in total. The van der Waals surface area contributed by atoms with Crippen molar-refractivity contribution in [3.63, 3.8) is 0 Å². The van der Waals surface area contributed by atoms with Crippen LogP contribution in [0.4, 0.5) is 0 Å². The van der Waals surface area contributed by atoms with E-state index in [2.05, 4.69) is 20.6 Å². The number of carboxylic acid groups (broad SMARTS) is 1. The lowest BCUT2D eigenvalue weighted by Crippen LogP contribution is -2.32. The van der Waals surface area contributed by atoms with Gasteiger partial charge in [0.25, 0.3) is 5.91 Å². The zero-order valence-corrected chi connectivity index (χ0v) is 15.4. The van der Waals surface area contributed by atoms with Crippen molar-refractivity contribution in [2.24, 2.45) is 5.41 Å². The number of fused-ring (bicyclic) bond motifs is 1. The van der Waals surface area contributed by atoms with E-state index in [1.807, 2.05) is 30.3 Å². The van der Waals surface area contributed by atoms with E-state index < -0.39 is 11.4 Å². The zero-order valence-electron chi connectivity index (χ0n) is 15.4. The van der Waals surface area contributed by atoms with Gasteiger partial charge in [-0.3, -0.25) is 14.6 Å². The van der Waals surface area contributed by atoms with Gasteiger partial charge < -0.3 is 10.4 Å². The van der Waals surface area contributed by atoms with Crippen molar-refractivity contribution in [2.45, 2.75) is 27.2 Å². The number of benzene rings is 1. The van der Waals surface area contributed by atoms with Crippen LogP contribution >= 0.6 is 0 Å². The Labute approximate surface area is 156 Å². The number of nitrogens with one attached hydrogen (secondary N) is 1. The van der Waals surface area contributed by atoms with Crippen molar-refractivity contribution in [1.29, 1.82) is 0 Å². The van der Waals surface area contributed by atoms with E-state index in [9.17, 15) is 9.59 Å². The Morgan fingerprint density at radius 1 is 1.22 bits per heavy atom. The number of aromatic nitrogens is 4. The number of amides is 1. The lowest BCUT2D eigenvalue weighted by molar-refractivity contribution is -0.147. The van der Waals surface area contributed by atoms with Crippen LogP contribution in [0.25, 0.3) is 16.6 Å². The summed E-state index contributed by atoms with van der Waals surface area (Å²) in [6.45, 7) is 5.24. The fourth-order valence-corrected chi connectivity index (χ4v) is 2.71. The van der Waals surface area contributed by atoms with E-state index >= 15 is 0 Å². The van der Waals surface area contributed by atoms with Crippen LogP contribution in [-0.4, -0.2) is 43.5 Å². The molecule has 27 heavy (non-hydrogen) atoms. The molecule has 3 aromatic rings. The van der Waals surface area contributed by atoms with E-state index in [0.717, 1.165) is 16.6 Å². The van der Waals surface area contributed by atoms with Gasteiger partial charge in [0.1, 0.15) is 0 Å². The Kier molecular flexibility index (Phi) is 4.89. The molecule has 2 N–H and O–H groups in total. The van der Waals surface area contributed by atoms with Crippen LogP contribution in [-0.2, 0) is 4.79 Å². The number of carbonyl (C=O) groups is 2. The highest BCUT2D eigenvalue weighted by atomic mass is 16.4.